The molecular weight excluding hydrogens is 280 g/mol. The summed E-state index contributed by atoms with van der Waals surface area (Å²) in [7, 11) is -3.44. The SMILES string of the molecule is CCNS(=O)(=O)c1cc(-c2csc(C)n2)ccc1C. The lowest BCUT2D eigenvalue weighted by Gasteiger charge is -2.09. The Kier molecular flexibility index (Phi) is 4.03. The first-order valence-electron chi connectivity index (χ1n) is 5.97. The van der Waals surface area contributed by atoms with Crippen LogP contribution in [0.1, 0.15) is 17.5 Å². The maximum absolute atomic E-state index is 12.1. The van der Waals surface area contributed by atoms with E-state index in [-0.39, 0.29) is 0 Å². The van der Waals surface area contributed by atoms with Crippen molar-refractivity contribution >= 4 is 21.4 Å². The zero-order valence-electron chi connectivity index (χ0n) is 11.1. The van der Waals surface area contributed by atoms with Gasteiger partial charge in [-0.15, -0.1) is 11.3 Å². The van der Waals surface area contributed by atoms with Gasteiger partial charge >= 0.3 is 0 Å². The van der Waals surface area contributed by atoms with Gasteiger partial charge in [-0.05, 0) is 25.5 Å². The Labute approximate surface area is 117 Å². The number of nitrogens with one attached hydrogen (secondary N) is 1. The minimum atomic E-state index is -3.44. The van der Waals surface area contributed by atoms with Gasteiger partial charge < -0.3 is 0 Å². The van der Waals surface area contributed by atoms with E-state index in [1.54, 1.807) is 31.3 Å². The average Bonchev–Trinajstić information content (AvgIpc) is 2.76. The molecular formula is C13H16N2O2S2. The molecule has 4 nitrogen and oxygen atoms in total. The fourth-order valence-corrected chi connectivity index (χ4v) is 3.74. The monoisotopic (exact) mass is 296 g/mol. The number of thiazole rings is 1. The summed E-state index contributed by atoms with van der Waals surface area (Å²) < 4.78 is 26.7. The van der Waals surface area contributed by atoms with Gasteiger partial charge in [-0.1, -0.05) is 19.1 Å². The molecule has 0 aliphatic rings. The van der Waals surface area contributed by atoms with Gasteiger partial charge in [0, 0.05) is 17.5 Å². The molecule has 0 saturated heterocycles. The normalized spacial score (nSPS) is 11.7. The molecule has 0 aliphatic carbocycles. The van der Waals surface area contributed by atoms with Crippen LogP contribution in [0.4, 0.5) is 0 Å². The second-order valence-electron chi connectivity index (χ2n) is 4.23. The van der Waals surface area contributed by atoms with Gasteiger partial charge in [-0.3, -0.25) is 0 Å². The van der Waals surface area contributed by atoms with Crippen molar-refractivity contribution in [1.82, 2.24) is 9.71 Å². The Bertz CT molecular complexity index is 690. The zero-order chi connectivity index (χ0) is 14.0. The van der Waals surface area contributed by atoms with Crippen LogP contribution in [-0.4, -0.2) is 19.9 Å². The van der Waals surface area contributed by atoms with E-state index in [4.69, 9.17) is 0 Å². The van der Waals surface area contributed by atoms with Gasteiger partial charge in [0.2, 0.25) is 10.0 Å². The molecule has 0 radical (unpaired) electrons. The maximum Gasteiger partial charge on any atom is 0.240 e. The molecule has 0 unspecified atom stereocenters. The van der Waals surface area contributed by atoms with E-state index in [2.05, 4.69) is 9.71 Å². The maximum atomic E-state index is 12.1. The largest absolute Gasteiger partial charge is 0.242 e. The molecule has 0 amide bonds. The molecule has 6 heteroatoms. The van der Waals surface area contributed by atoms with Crippen LogP contribution < -0.4 is 4.72 Å². The number of hydrogen-bond acceptors (Lipinski definition) is 4. The summed E-state index contributed by atoms with van der Waals surface area (Å²) in [5.74, 6) is 0. The highest BCUT2D eigenvalue weighted by atomic mass is 32.2. The molecule has 0 saturated carbocycles. The van der Waals surface area contributed by atoms with Crippen molar-refractivity contribution < 1.29 is 8.42 Å². The van der Waals surface area contributed by atoms with E-state index in [9.17, 15) is 8.42 Å². The molecule has 2 rings (SSSR count). The predicted molar refractivity (Wildman–Crippen MR) is 77.9 cm³/mol. The van der Waals surface area contributed by atoms with E-state index in [0.29, 0.717) is 11.4 Å². The number of benzene rings is 1. The first-order chi connectivity index (χ1) is 8.94. The Morgan fingerprint density at radius 1 is 1.32 bits per heavy atom. The minimum Gasteiger partial charge on any atom is -0.242 e. The third kappa shape index (κ3) is 3.02. The van der Waals surface area contributed by atoms with Crippen molar-refractivity contribution in [3.8, 4) is 11.3 Å². The number of aromatic nitrogens is 1. The second-order valence-corrected chi connectivity index (χ2v) is 7.03. The van der Waals surface area contributed by atoms with Crippen LogP contribution in [0.5, 0.6) is 0 Å². The second kappa shape index (κ2) is 5.40. The van der Waals surface area contributed by atoms with Crippen LogP contribution in [0.2, 0.25) is 0 Å². The van der Waals surface area contributed by atoms with Crippen LogP contribution in [0, 0.1) is 13.8 Å². The van der Waals surface area contributed by atoms with Crippen LogP contribution in [-0.2, 0) is 10.0 Å². The number of nitrogens with zero attached hydrogens (tertiary/aromatic N) is 1. The van der Waals surface area contributed by atoms with Gasteiger partial charge in [-0.2, -0.15) is 0 Å². The van der Waals surface area contributed by atoms with E-state index in [1.807, 2.05) is 24.4 Å². The number of rotatable bonds is 4. The lowest BCUT2D eigenvalue weighted by Crippen LogP contribution is -2.23. The molecule has 0 bridgehead atoms. The highest BCUT2D eigenvalue weighted by Crippen LogP contribution is 2.26. The van der Waals surface area contributed by atoms with E-state index in [0.717, 1.165) is 21.8 Å². The molecule has 1 heterocycles. The van der Waals surface area contributed by atoms with Crippen molar-refractivity contribution in [3.63, 3.8) is 0 Å². The van der Waals surface area contributed by atoms with Gasteiger partial charge in [0.05, 0.1) is 15.6 Å². The summed E-state index contributed by atoms with van der Waals surface area (Å²) in [6.45, 7) is 5.86. The molecule has 0 aliphatic heterocycles. The van der Waals surface area contributed by atoms with Crippen molar-refractivity contribution in [2.24, 2.45) is 0 Å². The van der Waals surface area contributed by atoms with Crippen LogP contribution >= 0.6 is 11.3 Å². The Morgan fingerprint density at radius 3 is 2.63 bits per heavy atom. The Balaban J connectivity index is 2.52. The first kappa shape index (κ1) is 14.2. The summed E-state index contributed by atoms with van der Waals surface area (Å²) in [5.41, 5.74) is 2.37. The molecule has 19 heavy (non-hydrogen) atoms. The van der Waals surface area contributed by atoms with Crippen LogP contribution in [0.3, 0.4) is 0 Å². The number of aryl methyl sites for hydroxylation is 2. The Morgan fingerprint density at radius 2 is 2.05 bits per heavy atom. The summed E-state index contributed by atoms with van der Waals surface area (Å²) in [6, 6.07) is 5.39. The van der Waals surface area contributed by atoms with Gasteiger partial charge in [0.25, 0.3) is 0 Å². The summed E-state index contributed by atoms with van der Waals surface area (Å²) >= 11 is 1.55. The third-order valence-electron chi connectivity index (χ3n) is 2.73. The first-order valence-corrected chi connectivity index (χ1v) is 8.33. The topological polar surface area (TPSA) is 59.1 Å². The van der Waals surface area contributed by atoms with E-state index >= 15 is 0 Å². The lowest BCUT2D eigenvalue weighted by atomic mass is 10.1. The molecule has 0 fully saturated rings. The third-order valence-corrected chi connectivity index (χ3v) is 5.19. The average molecular weight is 296 g/mol. The standard InChI is InChI=1S/C13H16N2O2S2/c1-4-14-19(16,17)13-7-11(6-5-9(13)2)12-8-18-10(3)15-12/h5-8,14H,4H2,1-3H3. The highest BCUT2D eigenvalue weighted by molar-refractivity contribution is 7.89. The zero-order valence-corrected chi connectivity index (χ0v) is 12.7. The quantitative estimate of drug-likeness (QED) is 0.943. The molecule has 1 aromatic carbocycles. The van der Waals surface area contributed by atoms with Crippen molar-refractivity contribution in [1.29, 1.82) is 0 Å². The predicted octanol–water partition coefficient (Wildman–Crippen LogP) is 2.73. The summed E-state index contributed by atoms with van der Waals surface area (Å²) in [4.78, 5) is 4.70. The van der Waals surface area contributed by atoms with Crippen molar-refractivity contribution in [2.75, 3.05) is 6.54 Å². The number of sulfonamides is 1. The molecule has 102 valence electrons. The van der Waals surface area contributed by atoms with Crippen molar-refractivity contribution in [2.45, 2.75) is 25.7 Å². The fraction of sp³-hybridized carbons (Fsp3) is 0.308. The van der Waals surface area contributed by atoms with E-state index in [1.165, 1.54) is 0 Å². The van der Waals surface area contributed by atoms with Gasteiger partial charge in [0.1, 0.15) is 0 Å². The molecule has 0 spiro atoms. The molecule has 1 N–H and O–H groups in total. The van der Waals surface area contributed by atoms with Crippen LogP contribution in [0.15, 0.2) is 28.5 Å². The fourth-order valence-electron chi connectivity index (χ4n) is 1.81. The molecule has 1 aromatic heterocycles. The summed E-state index contributed by atoms with van der Waals surface area (Å²) in [6.07, 6.45) is 0. The van der Waals surface area contributed by atoms with E-state index < -0.39 is 10.0 Å². The highest BCUT2D eigenvalue weighted by Gasteiger charge is 2.17. The van der Waals surface area contributed by atoms with Gasteiger partial charge in [0.15, 0.2) is 0 Å². The van der Waals surface area contributed by atoms with Crippen LogP contribution in [0.25, 0.3) is 11.3 Å². The molecule has 0 atom stereocenters. The smallest absolute Gasteiger partial charge is 0.240 e. The Hall–Kier alpha value is -1.24. The lowest BCUT2D eigenvalue weighted by molar-refractivity contribution is 0.583. The van der Waals surface area contributed by atoms with Crippen molar-refractivity contribution in [3.05, 3.63) is 34.2 Å². The molecule has 2 aromatic rings. The summed E-state index contributed by atoms with van der Waals surface area (Å²) in [5, 5.41) is 2.90. The minimum absolute atomic E-state index is 0.317. The number of hydrogen-bond donors (Lipinski definition) is 1. The van der Waals surface area contributed by atoms with Gasteiger partial charge in [-0.25, -0.2) is 18.1 Å².